The van der Waals surface area contributed by atoms with E-state index in [0.717, 1.165) is 5.92 Å². The Labute approximate surface area is 91.6 Å². The van der Waals surface area contributed by atoms with Crippen LogP contribution in [0.2, 0.25) is 0 Å². The van der Waals surface area contributed by atoms with Crippen molar-refractivity contribution in [3.63, 3.8) is 0 Å². The zero-order valence-electron chi connectivity index (χ0n) is 6.19. The zero-order chi connectivity index (χ0) is 10.2. The second-order valence-electron chi connectivity index (χ2n) is 2.07. The molecule has 14 heavy (non-hydrogen) atoms. The molecule has 0 heterocycles. The summed E-state index contributed by atoms with van der Waals surface area (Å²) in [6.07, 6.45) is 6.30. The van der Waals surface area contributed by atoms with E-state index in [1.54, 1.807) is 0 Å². The summed E-state index contributed by atoms with van der Waals surface area (Å²) in [7, 11) is 0. The van der Waals surface area contributed by atoms with Gasteiger partial charge >= 0.3 is 22.4 Å². The van der Waals surface area contributed by atoms with Crippen LogP contribution in [0.3, 0.4) is 0 Å². The van der Waals surface area contributed by atoms with Gasteiger partial charge in [-0.05, 0) is 0 Å². The van der Waals surface area contributed by atoms with Crippen molar-refractivity contribution >= 4 is 0 Å². The molecule has 0 aliphatic heterocycles. The molecule has 0 saturated heterocycles. The van der Waals surface area contributed by atoms with Gasteiger partial charge in [0.1, 0.15) is 0 Å². The second kappa shape index (κ2) is 4.60. The molecular formula is C8AgF5. The smallest absolute Gasteiger partial charge is 0.366 e. The molecule has 0 radical (unpaired) electrons. The summed E-state index contributed by atoms with van der Waals surface area (Å²) in [5.41, 5.74) is -1.36. The number of halogens is 5. The summed E-state index contributed by atoms with van der Waals surface area (Å²) < 4.78 is 61.9. The van der Waals surface area contributed by atoms with Crippen LogP contribution in [0.1, 0.15) is 5.56 Å². The molecule has 0 nitrogen and oxygen atoms in total. The van der Waals surface area contributed by atoms with Gasteiger partial charge in [-0.1, -0.05) is 5.56 Å². The van der Waals surface area contributed by atoms with Crippen LogP contribution in [0.4, 0.5) is 22.0 Å². The summed E-state index contributed by atoms with van der Waals surface area (Å²) >= 11 is 0. The third-order valence-corrected chi connectivity index (χ3v) is 1.33. The molecule has 0 bridgehead atoms. The fourth-order valence-corrected chi connectivity index (χ4v) is 0.715. The first-order chi connectivity index (χ1) is 6.00. The summed E-state index contributed by atoms with van der Waals surface area (Å²) in [5, 5.41) is 0. The molecule has 0 unspecified atom stereocenters. The Bertz CT molecular complexity index is 378. The minimum absolute atomic E-state index is 0. The number of hydrogen-bond acceptors (Lipinski definition) is 0. The first kappa shape index (κ1) is 13.2. The van der Waals surface area contributed by atoms with Gasteiger partial charge < -0.3 is 6.42 Å². The minimum atomic E-state index is -2.24. The van der Waals surface area contributed by atoms with E-state index < -0.39 is 34.6 Å². The fraction of sp³-hybridized carbons (Fsp3) is 0. The van der Waals surface area contributed by atoms with Crippen molar-refractivity contribution in [2.24, 2.45) is 0 Å². The molecule has 0 aromatic heterocycles. The van der Waals surface area contributed by atoms with E-state index in [0.29, 0.717) is 0 Å². The Hall–Kier alpha value is -0.830. The summed E-state index contributed by atoms with van der Waals surface area (Å²) in [5.74, 6) is -9.37. The van der Waals surface area contributed by atoms with E-state index in [1.807, 2.05) is 0 Å². The average Bonchev–Trinajstić information content (AvgIpc) is 2.13. The standard InChI is InChI=1S/C8F5.Ag/c1-2-3-4(9)6(11)8(13)7(12)5(3)10;/q-1;+1. The maximum atomic E-state index is 12.5. The largest absolute Gasteiger partial charge is 1.00 e. The molecule has 6 heteroatoms. The van der Waals surface area contributed by atoms with E-state index in [9.17, 15) is 22.0 Å². The Morgan fingerprint density at radius 2 is 1.00 bits per heavy atom. The minimum Gasteiger partial charge on any atom is -0.366 e. The van der Waals surface area contributed by atoms with Crippen molar-refractivity contribution in [1.82, 2.24) is 0 Å². The average molecular weight is 299 g/mol. The second-order valence-corrected chi connectivity index (χ2v) is 2.07. The SMILES string of the molecule is [Ag+].[C-]#Cc1c(F)c(F)c(F)c(F)c1F. The first-order valence-corrected chi connectivity index (χ1v) is 2.94. The normalized spacial score (nSPS) is 9.14. The third-order valence-electron chi connectivity index (χ3n) is 1.33. The summed E-state index contributed by atoms with van der Waals surface area (Å²) in [6, 6.07) is 0. The van der Waals surface area contributed by atoms with Crippen molar-refractivity contribution in [1.29, 1.82) is 0 Å². The quantitative estimate of drug-likeness (QED) is 0.172. The molecule has 0 N–H and O–H groups in total. The van der Waals surface area contributed by atoms with Gasteiger partial charge in [0.05, 0.1) is 11.6 Å². The van der Waals surface area contributed by atoms with Crippen molar-refractivity contribution in [3.8, 4) is 5.92 Å². The van der Waals surface area contributed by atoms with Gasteiger partial charge in [0.25, 0.3) is 0 Å². The number of benzene rings is 1. The van der Waals surface area contributed by atoms with Crippen LogP contribution >= 0.6 is 0 Å². The monoisotopic (exact) mass is 298 g/mol. The van der Waals surface area contributed by atoms with Gasteiger partial charge in [-0.2, -0.15) is 0 Å². The summed E-state index contributed by atoms with van der Waals surface area (Å²) in [6.45, 7) is 0. The van der Waals surface area contributed by atoms with E-state index >= 15 is 0 Å². The van der Waals surface area contributed by atoms with Gasteiger partial charge in [-0.15, -0.1) is 0 Å². The maximum absolute atomic E-state index is 12.5. The van der Waals surface area contributed by atoms with Crippen LogP contribution in [0.5, 0.6) is 0 Å². The molecule has 0 aliphatic rings. The maximum Gasteiger partial charge on any atom is 1.00 e. The molecule has 1 aromatic carbocycles. The molecule has 0 fully saturated rings. The number of hydrogen-bond donors (Lipinski definition) is 0. The van der Waals surface area contributed by atoms with E-state index in [4.69, 9.17) is 6.42 Å². The Balaban J connectivity index is 0.00000169. The van der Waals surface area contributed by atoms with Gasteiger partial charge in [0.2, 0.25) is 0 Å². The van der Waals surface area contributed by atoms with Crippen molar-refractivity contribution in [2.45, 2.75) is 0 Å². The van der Waals surface area contributed by atoms with Crippen LogP contribution in [0, 0.1) is 41.4 Å². The van der Waals surface area contributed by atoms with Gasteiger partial charge in [-0.3, -0.25) is 5.92 Å². The fourth-order valence-electron chi connectivity index (χ4n) is 0.715. The zero-order valence-corrected chi connectivity index (χ0v) is 7.67. The van der Waals surface area contributed by atoms with Crippen LogP contribution in [-0.4, -0.2) is 0 Å². The molecule has 0 spiro atoms. The molecule has 0 aliphatic carbocycles. The van der Waals surface area contributed by atoms with Crippen LogP contribution in [0.15, 0.2) is 0 Å². The molecule has 0 saturated carbocycles. The Kier molecular flexibility index (Phi) is 4.33. The molecular weight excluding hydrogens is 299 g/mol. The molecule has 1 rings (SSSR count). The number of rotatable bonds is 0. The molecule has 1 aromatic rings. The van der Waals surface area contributed by atoms with Crippen LogP contribution in [0.25, 0.3) is 0 Å². The molecule has 78 valence electrons. The van der Waals surface area contributed by atoms with Crippen molar-refractivity contribution in [3.05, 3.63) is 41.1 Å². The van der Waals surface area contributed by atoms with E-state index in [1.165, 1.54) is 0 Å². The van der Waals surface area contributed by atoms with Crippen molar-refractivity contribution < 1.29 is 44.3 Å². The Morgan fingerprint density at radius 3 is 1.29 bits per heavy atom. The van der Waals surface area contributed by atoms with Gasteiger partial charge in [0, 0.05) is 0 Å². The topological polar surface area (TPSA) is 0 Å². The third kappa shape index (κ3) is 1.82. The predicted molar refractivity (Wildman–Crippen MR) is 32.5 cm³/mol. The van der Waals surface area contributed by atoms with Crippen LogP contribution in [-0.2, 0) is 22.4 Å². The van der Waals surface area contributed by atoms with E-state index in [2.05, 4.69) is 0 Å². The van der Waals surface area contributed by atoms with E-state index in [-0.39, 0.29) is 22.4 Å². The predicted octanol–water partition coefficient (Wildman–Crippen LogP) is 2.32. The van der Waals surface area contributed by atoms with Gasteiger partial charge in [0.15, 0.2) is 17.5 Å². The molecule has 0 amide bonds. The van der Waals surface area contributed by atoms with Crippen molar-refractivity contribution in [2.75, 3.05) is 0 Å². The molecule has 0 atom stereocenters. The Morgan fingerprint density at radius 1 is 0.714 bits per heavy atom. The first-order valence-electron chi connectivity index (χ1n) is 2.94. The van der Waals surface area contributed by atoms with Gasteiger partial charge in [-0.25, -0.2) is 22.0 Å². The summed E-state index contributed by atoms with van der Waals surface area (Å²) in [4.78, 5) is 0. The van der Waals surface area contributed by atoms with Crippen LogP contribution < -0.4 is 0 Å².